The van der Waals surface area contributed by atoms with Crippen molar-refractivity contribution in [2.24, 2.45) is 0 Å². The molecule has 25 heavy (non-hydrogen) atoms. The second-order valence-corrected chi connectivity index (χ2v) is 9.52. The van der Waals surface area contributed by atoms with E-state index >= 15 is 0 Å². The van der Waals surface area contributed by atoms with E-state index in [4.69, 9.17) is 0 Å². The second kappa shape index (κ2) is 6.37. The molecule has 2 aliphatic heterocycles. The molecule has 138 valence electrons. The fourth-order valence-corrected chi connectivity index (χ4v) is 5.13. The SMILES string of the molecule is CCN1C(=O)CC(C)(C)c2cc(S(=O)(=O)N3CCN(C)CC3)ccc21. The molecule has 0 unspecified atom stereocenters. The van der Waals surface area contributed by atoms with E-state index in [0.717, 1.165) is 24.3 Å². The molecule has 0 saturated carbocycles. The van der Waals surface area contributed by atoms with Crippen LogP contribution in [0, 0.1) is 0 Å². The van der Waals surface area contributed by atoms with Crippen molar-refractivity contribution in [2.75, 3.05) is 44.7 Å². The maximum absolute atomic E-state index is 13.0. The molecule has 3 rings (SSSR count). The van der Waals surface area contributed by atoms with Gasteiger partial charge in [0, 0.05) is 50.2 Å². The smallest absolute Gasteiger partial charge is 0.243 e. The van der Waals surface area contributed by atoms with E-state index in [1.54, 1.807) is 27.4 Å². The number of carbonyl (C=O) groups excluding carboxylic acids is 1. The first kappa shape index (κ1) is 18.4. The lowest BCUT2D eigenvalue weighted by Crippen LogP contribution is -2.47. The van der Waals surface area contributed by atoms with Crippen molar-refractivity contribution in [3.63, 3.8) is 0 Å². The highest BCUT2D eigenvalue weighted by atomic mass is 32.2. The second-order valence-electron chi connectivity index (χ2n) is 7.58. The minimum atomic E-state index is -3.50. The summed E-state index contributed by atoms with van der Waals surface area (Å²) in [6, 6.07) is 5.21. The number of nitrogens with zero attached hydrogens (tertiary/aromatic N) is 3. The molecule has 2 aliphatic rings. The van der Waals surface area contributed by atoms with Gasteiger partial charge in [-0.25, -0.2) is 8.42 Å². The molecular formula is C18H27N3O3S. The van der Waals surface area contributed by atoms with Gasteiger partial charge in [-0.15, -0.1) is 0 Å². The first-order valence-corrected chi connectivity index (χ1v) is 10.2. The molecule has 0 aromatic heterocycles. The Bertz CT molecular complexity index is 781. The summed E-state index contributed by atoms with van der Waals surface area (Å²) in [6.07, 6.45) is 0.395. The number of amides is 1. The molecular weight excluding hydrogens is 338 g/mol. The number of sulfonamides is 1. The number of rotatable bonds is 3. The maximum atomic E-state index is 13.0. The molecule has 2 heterocycles. The maximum Gasteiger partial charge on any atom is 0.243 e. The Morgan fingerprint density at radius 2 is 1.76 bits per heavy atom. The molecule has 1 amide bonds. The molecule has 1 saturated heterocycles. The lowest BCUT2D eigenvalue weighted by molar-refractivity contribution is -0.120. The molecule has 6 nitrogen and oxygen atoms in total. The molecule has 0 atom stereocenters. The van der Waals surface area contributed by atoms with Gasteiger partial charge < -0.3 is 9.80 Å². The minimum absolute atomic E-state index is 0.0923. The van der Waals surface area contributed by atoms with Crippen LogP contribution >= 0.6 is 0 Å². The standard InChI is InChI=1S/C18H27N3O3S/c1-5-21-16-7-6-14(12-15(16)18(2,3)13-17(21)22)25(23,24)20-10-8-19(4)9-11-20/h6-7,12H,5,8-11,13H2,1-4H3. The summed E-state index contributed by atoms with van der Waals surface area (Å²) in [6.45, 7) is 9.05. The highest BCUT2D eigenvalue weighted by Crippen LogP contribution is 2.41. The van der Waals surface area contributed by atoms with Crippen LogP contribution in [-0.2, 0) is 20.2 Å². The molecule has 0 aliphatic carbocycles. The minimum Gasteiger partial charge on any atom is -0.312 e. The number of likely N-dealkylation sites (N-methyl/N-ethyl adjacent to an activating group) is 1. The van der Waals surface area contributed by atoms with Gasteiger partial charge in [0.05, 0.1) is 4.90 Å². The summed E-state index contributed by atoms with van der Waals surface area (Å²) in [5.41, 5.74) is 1.40. The third kappa shape index (κ3) is 3.20. The molecule has 0 bridgehead atoms. The highest BCUT2D eigenvalue weighted by molar-refractivity contribution is 7.89. The number of fused-ring (bicyclic) bond motifs is 1. The number of benzene rings is 1. The Morgan fingerprint density at radius 1 is 1.12 bits per heavy atom. The number of anilines is 1. The molecule has 1 aromatic carbocycles. The Morgan fingerprint density at radius 3 is 2.36 bits per heavy atom. The summed E-state index contributed by atoms with van der Waals surface area (Å²) in [7, 11) is -1.50. The van der Waals surface area contributed by atoms with Crippen LogP contribution in [0.1, 0.15) is 32.8 Å². The average molecular weight is 365 g/mol. The van der Waals surface area contributed by atoms with Crippen molar-refractivity contribution in [1.29, 1.82) is 0 Å². The zero-order valence-corrected chi connectivity index (χ0v) is 16.3. The van der Waals surface area contributed by atoms with Crippen molar-refractivity contribution in [1.82, 2.24) is 9.21 Å². The van der Waals surface area contributed by atoms with Gasteiger partial charge in [0.25, 0.3) is 0 Å². The van der Waals surface area contributed by atoms with E-state index in [0.29, 0.717) is 31.0 Å². The normalized spacial score (nSPS) is 22.1. The van der Waals surface area contributed by atoms with Crippen LogP contribution in [0.15, 0.2) is 23.1 Å². The van der Waals surface area contributed by atoms with E-state index in [1.807, 2.05) is 27.8 Å². The van der Waals surface area contributed by atoms with Crippen molar-refractivity contribution in [2.45, 2.75) is 37.5 Å². The topological polar surface area (TPSA) is 60.9 Å². The molecule has 0 spiro atoms. The first-order chi connectivity index (χ1) is 11.7. The third-order valence-corrected chi connectivity index (χ3v) is 7.19. The largest absolute Gasteiger partial charge is 0.312 e. The van der Waals surface area contributed by atoms with Gasteiger partial charge in [-0.1, -0.05) is 13.8 Å². The monoisotopic (exact) mass is 365 g/mol. The van der Waals surface area contributed by atoms with Crippen LogP contribution in [0.4, 0.5) is 5.69 Å². The van der Waals surface area contributed by atoms with Gasteiger partial charge in [-0.2, -0.15) is 4.31 Å². The van der Waals surface area contributed by atoms with Crippen molar-refractivity contribution in [3.05, 3.63) is 23.8 Å². The molecule has 7 heteroatoms. The molecule has 0 N–H and O–H groups in total. The number of hydrogen-bond donors (Lipinski definition) is 0. The van der Waals surface area contributed by atoms with E-state index in [1.165, 1.54) is 0 Å². The molecule has 1 aromatic rings. The van der Waals surface area contributed by atoms with Crippen molar-refractivity contribution < 1.29 is 13.2 Å². The van der Waals surface area contributed by atoms with Crippen LogP contribution in [0.2, 0.25) is 0 Å². The lowest BCUT2D eigenvalue weighted by Gasteiger charge is -2.39. The van der Waals surface area contributed by atoms with Gasteiger partial charge in [0.2, 0.25) is 15.9 Å². The van der Waals surface area contributed by atoms with E-state index in [9.17, 15) is 13.2 Å². The lowest BCUT2D eigenvalue weighted by atomic mass is 9.77. The summed E-state index contributed by atoms with van der Waals surface area (Å²) in [5.74, 6) is 0.0923. The van der Waals surface area contributed by atoms with Gasteiger partial charge in [-0.3, -0.25) is 4.79 Å². The summed E-state index contributed by atoms with van der Waals surface area (Å²) in [4.78, 5) is 16.6. The van der Waals surface area contributed by atoms with Gasteiger partial charge in [0.1, 0.15) is 0 Å². The van der Waals surface area contributed by atoms with Crippen molar-refractivity contribution in [3.8, 4) is 0 Å². The molecule has 1 fully saturated rings. The quantitative estimate of drug-likeness (QED) is 0.817. The van der Waals surface area contributed by atoms with Crippen LogP contribution in [0.5, 0.6) is 0 Å². The van der Waals surface area contributed by atoms with Gasteiger partial charge >= 0.3 is 0 Å². The van der Waals surface area contributed by atoms with Gasteiger partial charge in [-0.05, 0) is 37.7 Å². The summed E-state index contributed by atoms with van der Waals surface area (Å²) in [5, 5.41) is 0. The number of hydrogen-bond acceptors (Lipinski definition) is 4. The van der Waals surface area contributed by atoms with Crippen LogP contribution < -0.4 is 4.90 Å². The highest BCUT2D eigenvalue weighted by Gasteiger charge is 2.37. The number of piperazine rings is 1. The summed E-state index contributed by atoms with van der Waals surface area (Å²) < 4.78 is 27.6. The Kier molecular flexibility index (Phi) is 4.68. The van der Waals surface area contributed by atoms with Crippen LogP contribution in [0.3, 0.4) is 0 Å². The fourth-order valence-electron chi connectivity index (χ4n) is 3.68. The van der Waals surface area contributed by atoms with E-state index in [-0.39, 0.29) is 11.3 Å². The van der Waals surface area contributed by atoms with Crippen LogP contribution in [0.25, 0.3) is 0 Å². The number of carbonyl (C=O) groups is 1. The third-order valence-electron chi connectivity index (χ3n) is 5.30. The zero-order chi connectivity index (χ0) is 18.4. The van der Waals surface area contributed by atoms with E-state index in [2.05, 4.69) is 4.90 Å². The Labute approximate surface area is 150 Å². The predicted octanol–water partition coefficient (Wildman–Crippen LogP) is 1.66. The van der Waals surface area contributed by atoms with Crippen molar-refractivity contribution >= 4 is 21.6 Å². The fraction of sp³-hybridized carbons (Fsp3) is 0.611. The summed E-state index contributed by atoms with van der Waals surface area (Å²) >= 11 is 0. The molecule has 0 radical (unpaired) electrons. The Balaban J connectivity index is 2.02. The first-order valence-electron chi connectivity index (χ1n) is 8.80. The predicted molar refractivity (Wildman–Crippen MR) is 98.4 cm³/mol. The Hall–Kier alpha value is -1.44. The van der Waals surface area contributed by atoms with Crippen LogP contribution in [-0.4, -0.2) is 63.3 Å². The zero-order valence-electron chi connectivity index (χ0n) is 15.4. The average Bonchev–Trinajstić information content (AvgIpc) is 2.54. The van der Waals surface area contributed by atoms with E-state index < -0.39 is 10.0 Å². The van der Waals surface area contributed by atoms with Gasteiger partial charge in [0.15, 0.2) is 0 Å².